The number of carbonyl (C=O) groups excluding carboxylic acids is 1. The third-order valence-corrected chi connectivity index (χ3v) is 9.43. The Balaban J connectivity index is 1.45. The van der Waals surface area contributed by atoms with Crippen molar-refractivity contribution in [3.63, 3.8) is 0 Å². The number of halogens is 4. The number of nitrogens with one attached hydrogen (secondary N) is 1. The zero-order valence-electron chi connectivity index (χ0n) is 20.6. The van der Waals surface area contributed by atoms with Crippen LogP contribution in [0.3, 0.4) is 0 Å². The number of fused-ring (bicyclic) bond motifs is 2. The normalized spacial score (nSPS) is 21.6. The van der Waals surface area contributed by atoms with Gasteiger partial charge in [-0.15, -0.1) is 5.10 Å². The molecule has 0 amide bonds. The number of ketones is 1. The molecule has 208 valence electrons. The number of benzene rings is 1. The van der Waals surface area contributed by atoms with Gasteiger partial charge in [0, 0.05) is 25.0 Å². The predicted molar refractivity (Wildman–Crippen MR) is 130 cm³/mol. The summed E-state index contributed by atoms with van der Waals surface area (Å²) in [6, 6.07) is 7.21. The molecule has 0 saturated carbocycles. The lowest BCUT2D eigenvalue weighted by Crippen LogP contribution is -2.57. The van der Waals surface area contributed by atoms with Gasteiger partial charge in [0.1, 0.15) is 11.5 Å². The van der Waals surface area contributed by atoms with Gasteiger partial charge in [0.15, 0.2) is 5.78 Å². The first-order valence-corrected chi connectivity index (χ1v) is 13.7. The van der Waals surface area contributed by atoms with Crippen molar-refractivity contribution in [2.24, 2.45) is 11.3 Å². The van der Waals surface area contributed by atoms with Gasteiger partial charge in [-0.1, -0.05) is 0 Å². The lowest BCUT2D eigenvalue weighted by atomic mass is 9.60. The zero-order valence-corrected chi connectivity index (χ0v) is 21.5. The van der Waals surface area contributed by atoms with E-state index in [1.165, 1.54) is 12.1 Å². The smallest absolute Gasteiger partial charge is 0.292 e. The van der Waals surface area contributed by atoms with Crippen LogP contribution in [0.5, 0.6) is 0 Å². The molecular weight excluding hydrogens is 554 g/mol. The summed E-state index contributed by atoms with van der Waals surface area (Å²) in [5.41, 5.74) is -0.827. The van der Waals surface area contributed by atoms with Crippen LogP contribution in [0.25, 0.3) is 5.69 Å². The molecule has 1 saturated heterocycles. The van der Waals surface area contributed by atoms with Crippen LogP contribution in [-0.2, 0) is 29.0 Å². The summed E-state index contributed by atoms with van der Waals surface area (Å²) in [7, 11) is -4.15. The highest BCUT2D eigenvalue weighted by molar-refractivity contribution is 7.89. The van der Waals surface area contributed by atoms with Crippen LogP contribution >= 0.6 is 0 Å². The van der Waals surface area contributed by atoms with Crippen molar-refractivity contribution in [2.45, 2.75) is 30.5 Å². The maximum atomic E-state index is 14.2. The van der Waals surface area contributed by atoms with Gasteiger partial charge in [0.25, 0.3) is 10.0 Å². The van der Waals surface area contributed by atoms with Gasteiger partial charge < -0.3 is 0 Å². The molecule has 0 spiro atoms. The highest BCUT2D eigenvalue weighted by atomic mass is 32.2. The van der Waals surface area contributed by atoms with Gasteiger partial charge in [0.2, 0.25) is 5.03 Å². The number of pyridine rings is 1. The van der Waals surface area contributed by atoms with Crippen molar-refractivity contribution in [3.05, 3.63) is 83.3 Å². The maximum Gasteiger partial charge on any atom is 0.416 e. The van der Waals surface area contributed by atoms with Crippen molar-refractivity contribution < 1.29 is 30.8 Å². The number of aromatic amines is 1. The van der Waals surface area contributed by atoms with E-state index in [9.17, 15) is 30.8 Å². The minimum atomic E-state index is -4.69. The van der Waals surface area contributed by atoms with E-state index in [0.717, 1.165) is 28.5 Å². The Morgan fingerprint density at radius 1 is 1.12 bits per heavy atom. The Morgan fingerprint density at radius 2 is 1.90 bits per heavy atom. The van der Waals surface area contributed by atoms with Crippen molar-refractivity contribution in [3.8, 4) is 5.69 Å². The monoisotopic (exact) mass is 575 g/mol. The summed E-state index contributed by atoms with van der Waals surface area (Å²) in [4.78, 5) is 18.1. The Kier molecular flexibility index (Phi) is 6.10. The summed E-state index contributed by atoms with van der Waals surface area (Å²) in [5.74, 6) is -1.53. The second-order valence-corrected chi connectivity index (χ2v) is 11.8. The Morgan fingerprint density at radius 3 is 2.60 bits per heavy atom. The lowest BCUT2D eigenvalue weighted by molar-refractivity contribution is -0.137. The van der Waals surface area contributed by atoms with E-state index in [0.29, 0.717) is 23.7 Å². The van der Waals surface area contributed by atoms with Gasteiger partial charge in [0.05, 0.1) is 29.1 Å². The van der Waals surface area contributed by atoms with E-state index in [-0.39, 0.29) is 31.0 Å². The van der Waals surface area contributed by atoms with Crippen LogP contribution in [0.4, 0.5) is 17.6 Å². The molecule has 2 aliphatic rings. The van der Waals surface area contributed by atoms with Crippen LogP contribution in [0.2, 0.25) is 0 Å². The second kappa shape index (κ2) is 9.30. The van der Waals surface area contributed by atoms with Crippen LogP contribution in [0.1, 0.15) is 33.7 Å². The van der Waals surface area contributed by atoms with E-state index >= 15 is 0 Å². The molecule has 0 bridgehead atoms. The summed E-state index contributed by atoms with van der Waals surface area (Å²) in [5, 5.41) is 13.6. The molecule has 0 radical (unpaired) electrons. The van der Waals surface area contributed by atoms with Crippen molar-refractivity contribution >= 4 is 15.8 Å². The van der Waals surface area contributed by atoms with E-state index in [2.05, 4.69) is 25.5 Å². The molecule has 2 atom stereocenters. The molecular formula is C25H21F4N7O3S. The first-order valence-electron chi connectivity index (χ1n) is 12.2. The number of carbonyl (C=O) groups is 1. The molecule has 1 N–H and O–H groups in total. The van der Waals surface area contributed by atoms with E-state index in [4.69, 9.17) is 0 Å². The fourth-order valence-corrected chi connectivity index (χ4v) is 7.08. The number of hydrogen-bond acceptors (Lipinski definition) is 7. The van der Waals surface area contributed by atoms with Crippen LogP contribution < -0.4 is 0 Å². The van der Waals surface area contributed by atoms with E-state index < -0.39 is 50.4 Å². The lowest BCUT2D eigenvalue weighted by Gasteiger charge is -2.48. The van der Waals surface area contributed by atoms with Crippen molar-refractivity contribution in [1.82, 2.24) is 34.5 Å². The first kappa shape index (κ1) is 26.3. The summed E-state index contributed by atoms with van der Waals surface area (Å²) < 4.78 is 83.5. The predicted octanol–water partition coefficient (Wildman–Crippen LogP) is 3.22. The molecule has 1 aliphatic heterocycles. The number of nitrogens with zero attached hydrogens (tertiary/aromatic N) is 6. The van der Waals surface area contributed by atoms with Gasteiger partial charge >= 0.3 is 6.18 Å². The molecule has 4 heterocycles. The van der Waals surface area contributed by atoms with Gasteiger partial charge in [-0.2, -0.15) is 32.9 Å². The highest BCUT2D eigenvalue weighted by Gasteiger charge is 2.55. The summed E-state index contributed by atoms with van der Waals surface area (Å²) in [6.07, 6.45) is -0.597. The van der Waals surface area contributed by atoms with Crippen LogP contribution in [-0.4, -0.2) is 61.8 Å². The van der Waals surface area contributed by atoms with E-state index in [1.54, 1.807) is 23.0 Å². The average molecular weight is 576 g/mol. The van der Waals surface area contributed by atoms with Crippen LogP contribution in [0, 0.1) is 17.2 Å². The largest absolute Gasteiger partial charge is 0.416 e. The second-order valence-electron chi connectivity index (χ2n) is 9.93. The number of sulfonamides is 1. The molecule has 1 aliphatic carbocycles. The highest BCUT2D eigenvalue weighted by Crippen LogP contribution is 2.48. The van der Waals surface area contributed by atoms with Crippen LogP contribution in [0.15, 0.2) is 60.0 Å². The molecule has 3 aromatic heterocycles. The minimum Gasteiger partial charge on any atom is -0.292 e. The Hall–Kier alpha value is -3.98. The van der Waals surface area contributed by atoms with Gasteiger partial charge in [-0.3, -0.25) is 9.78 Å². The summed E-state index contributed by atoms with van der Waals surface area (Å²) in [6.45, 7) is -0.226. The molecule has 15 heteroatoms. The maximum absolute atomic E-state index is 14.2. The van der Waals surface area contributed by atoms with Crippen molar-refractivity contribution in [2.75, 3.05) is 13.1 Å². The number of Topliss-reactive ketones (excluding diaryl/α,β-unsaturated/α-hetero) is 1. The van der Waals surface area contributed by atoms with Gasteiger partial charge in [-0.05, 0) is 67.1 Å². The molecule has 2 unspecified atom stereocenters. The van der Waals surface area contributed by atoms with E-state index in [1.807, 2.05) is 0 Å². The molecule has 1 aromatic carbocycles. The van der Waals surface area contributed by atoms with Crippen molar-refractivity contribution in [1.29, 1.82) is 0 Å². The minimum absolute atomic E-state index is 0.0236. The topological polar surface area (TPSA) is 127 Å². The number of rotatable bonds is 5. The average Bonchev–Trinajstić information content (AvgIpc) is 3.62. The Labute approximate surface area is 225 Å². The zero-order chi connectivity index (χ0) is 28.3. The Bertz CT molecular complexity index is 1690. The summed E-state index contributed by atoms with van der Waals surface area (Å²) >= 11 is 0. The first-order chi connectivity index (χ1) is 19.0. The number of piperidine rings is 1. The number of hydrogen-bond donors (Lipinski definition) is 1. The molecule has 6 rings (SSSR count). The molecule has 4 aromatic rings. The molecule has 10 nitrogen and oxygen atoms in total. The quantitative estimate of drug-likeness (QED) is 0.286. The fraction of sp³-hybridized carbons (Fsp3) is 0.320. The third-order valence-electron chi connectivity index (χ3n) is 7.71. The molecule has 40 heavy (non-hydrogen) atoms. The SMILES string of the molecule is O=C(c1cc(C(F)(F)F)ccn1)C12Cc3cnn(-c4ccc(F)cc4)c3CC1CCN(S(=O)(=O)c1cn[nH]n1)C2. The number of alkyl halides is 3. The van der Waals surface area contributed by atoms with Gasteiger partial charge in [-0.25, -0.2) is 17.5 Å². The molecule has 1 fully saturated rings. The third kappa shape index (κ3) is 4.29. The fourth-order valence-electron chi connectivity index (χ4n) is 5.72. The standard InChI is InChI=1S/C25H21F4N7O3S/c26-18-1-3-19(4-2-18)36-21-10-16-6-8-35(40(38,39)22-13-31-34-33-22)14-24(16,11-15(21)12-32-36)23(37)20-9-17(5-7-30-20)25(27,28)29/h1-5,7,9,12-13,16H,6,8,10-11,14H2,(H,31,33,34). The number of aromatic nitrogens is 6. The number of H-pyrrole nitrogens is 1.